The first-order chi connectivity index (χ1) is 13.7. The molecule has 4 rings (SSSR count). The molecule has 1 aromatic carbocycles. The highest BCUT2D eigenvalue weighted by Gasteiger charge is 2.09. The lowest BCUT2D eigenvalue weighted by Crippen LogP contribution is -2.23. The predicted octanol–water partition coefficient (Wildman–Crippen LogP) is 4.35. The van der Waals surface area contributed by atoms with Crippen molar-refractivity contribution in [3.05, 3.63) is 89.6 Å². The zero-order chi connectivity index (χ0) is 19.3. The van der Waals surface area contributed by atoms with Gasteiger partial charge in [0.2, 0.25) is 0 Å². The zero-order valence-electron chi connectivity index (χ0n) is 14.8. The van der Waals surface area contributed by atoms with Gasteiger partial charge in [0.15, 0.2) is 0 Å². The third-order valence-electron chi connectivity index (χ3n) is 4.16. The van der Waals surface area contributed by atoms with Gasteiger partial charge in [-0.15, -0.1) is 0 Å². The second kappa shape index (κ2) is 8.02. The Morgan fingerprint density at radius 3 is 2.75 bits per heavy atom. The van der Waals surface area contributed by atoms with Crippen molar-refractivity contribution >= 4 is 39.8 Å². The Morgan fingerprint density at radius 1 is 1.00 bits per heavy atom. The molecule has 0 spiro atoms. The highest BCUT2D eigenvalue weighted by atomic mass is 35.5. The van der Waals surface area contributed by atoms with Crippen LogP contribution in [0.5, 0.6) is 0 Å². The SMILES string of the molecule is O=C(NCc1cccnc1)c1cc(Nc2nccc3ccc(Cl)cc23)ccn1. The van der Waals surface area contributed by atoms with E-state index >= 15 is 0 Å². The number of nitrogens with one attached hydrogen (secondary N) is 2. The fourth-order valence-corrected chi connectivity index (χ4v) is 2.96. The van der Waals surface area contributed by atoms with Crippen LogP contribution < -0.4 is 10.6 Å². The monoisotopic (exact) mass is 389 g/mol. The summed E-state index contributed by atoms with van der Waals surface area (Å²) < 4.78 is 0. The van der Waals surface area contributed by atoms with E-state index < -0.39 is 0 Å². The molecule has 138 valence electrons. The van der Waals surface area contributed by atoms with Crippen molar-refractivity contribution in [1.29, 1.82) is 0 Å². The standard InChI is InChI=1S/C21H16ClN5O/c22-16-4-3-15-5-8-25-20(18(15)10-16)27-17-6-9-24-19(11-17)21(28)26-13-14-2-1-7-23-12-14/h1-12H,13H2,(H,26,28)(H,24,25,27). The predicted molar refractivity (Wildman–Crippen MR) is 110 cm³/mol. The number of pyridine rings is 3. The van der Waals surface area contributed by atoms with Gasteiger partial charge >= 0.3 is 0 Å². The Morgan fingerprint density at radius 2 is 1.89 bits per heavy atom. The molecule has 7 heteroatoms. The Labute approximate surface area is 166 Å². The number of aromatic nitrogens is 3. The second-order valence-electron chi connectivity index (χ2n) is 6.12. The zero-order valence-corrected chi connectivity index (χ0v) is 15.5. The number of halogens is 1. The molecule has 1 amide bonds. The molecule has 0 saturated heterocycles. The van der Waals surface area contributed by atoms with Crippen molar-refractivity contribution in [1.82, 2.24) is 20.3 Å². The number of carbonyl (C=O) groups is 1. The number of hydrogen-bond donors (Lipinski definition) is 2. The number of nitrogens with zero attached hydrogens (tertiary/aromatic N) is 3. The molecule has 0 saturated carbocycles. The molecule has 28 heavy (non-hydrogen) atoms. The third kappa shape index (κ3) is 4.07. The number of hydrogen-bond acceptors (Lipinski definition) is 5. The van der Waals surface area contributed by atoms with Gasteiger partial charge in [0.05, 0.1) is 0 Å². The second-order valence-corrected chi connectivity index (χ2v) is 6.56. The summed E-state index contributed by atoms with van der Waals surface area (Å²) >= 11 is 6.12. The van der Waals surface area contributed by atoms with Crippen molar-refractivity contribution < 1.29 is 4.79 Å². The topological polar surface area (TPSA) is 79.8 Å². The minimum absolute atomic E-state index is 0.263. The molecule has 0 aliphatic rings. The van der Waals surface area contributed by atoms with Crippen LogP contribution in [0.15, 0.2) is 73.3 Å². The van der Waals surface area contributed by atoms with Gasteiger partial charge in [-0.2, -0.15) is 0 Å². The smallest absolute Gasteiger partial charge is 0.270 e. The van der Waals surface area contributed by atoms with Crippen LogP contribution in [0.1, 0.15) is 16.1 Å². The van der Waals surface area contributed by atoms with E-state index in [0.717, 1.165) is 16.3 Å². The van der Waals surface area contributed by atoms with Gasteiger partial charge in [-0.05, 0) is 47.3 Å². The minimum Gasteiger partial charge on any atom is -0.347 e. The molecule has 0 radical (unpaired) electrons. The maximum absolute atomic E-state index is 12.4. The maximum Gasteiger partial charge on any atom is 0.270 e. The Hall–Kier alpha value is -3.51. The van der Waals surface area contributed by atoms with E-state index in [1.807, 2.05) is 36.4 Å². The van der Waals surface area contributed by atoms with Gasteiger partial charge in [0, 0.05) is 47.4 Å². The maximum atomic E-state index is 12.4. The van der Waals surface area contributed by atoms with Gasteiger partial charge < -0.3 is 10.6 Å². The molecule has 0 unspecified atom stereocenters. The minimum atomic E-state index is -0.263. The Balaban J connectivity index is 1.53. The molecule has 0 bridgehead atoms. The molecular formula is C21H16ClN5O. The molecule has 4 aromatic rings. The highest BCUT2D eigenvalue weighted by molar-refractivity contribution is 6.31. The number of fused-ring (bicyclic) bond motifs is 1. The highest BCUT2D eigenvalue weighted by Crippen LogP contribution is 2.27. The molecular weight excluding hydrogens is 374 g/mol. The molecule has 3 heterocycles. The molecule has 6 nitrogen and oxygen atoms in total. The summed E-state index contributed by atoms with van der Waals surface area (Å²) in [5.74, 6) is 0.398. The fourth-order valence-electron chi connectivity index (χ4n) is 2.78. The summed E-state index contributed by atoms with van der Waals surface area (Å²) in [5.41, 5.74) is 1.94. The fraction of sp³-hybridized carbons (Fsp3) is 0.0476. The average Bonchev–Trinajstić information content (AvgIpc) is 2.73. The van der Waals surface area contributed by atoms with Crippen molar-refractivity contribution in [2.24, 2.45) is 0 Å². The van der Waals surface area contributed by atoms with Crippen molar-refractivity contribution in [3.63, 3.8) is 0 Å². The summed E-state index contributed by atoms with van der Waals surface area (Å²) in [7, 11) is 0. The summed E-state index contributed by atoms with van der Waals surface area (Å²) in [6.45, 7) is 0.384. The van der Waals surface area contributed by atoms with Crippen LogP contribution in [-0.4, -0.2) is 20.9 Å². The molecule has 0 aliphatic carbocycles. The van der Waals surface area contributed by atoms with E-state index in [2.05, 4.69) is 25.6 Å². The third-order valence-corrected chi connectivity index (χ3v) is 4.39. The molecule has 0 aliphatic heterocycles. The van der Waals surface area contributed by atoms with Crippen LogP contribution in [0, 0.1) is 0 Å². The van der Waals surface area contributed by atoms with Crippen molar-refractivity contribution in [3.8, 4) is 0 Å². The average molecular weight is 390 g/mol. The van der Waals surface area contributed by atoms with Crippen LogP contribution in [-0.2, 0) is 6.54 Å². The first-order valence-corrected chi connectivity index (χ1v) is 9.01. The van der Waals surface area contributed by atoms with Crippen LogP contribution in [0.4, 0.5) is 11.5 Å². The van der Waals surface area contributed by atoms with E-state index in [1.165, 1.54) is 0 Å². The van der Waals surface area contributed by atoms with E-state index in [4.69, 9.17) is 11.6 Å². The van der Waals surface area contributed by atoms with Gasteiger partial charge in [-0.1, -0.05) is 23.7 Å². The van der Waals surface area contributed by atoms with Crippen LogP contribution >= 0.6 is 11.6 Å². The lowest BCUT2D eigenvalue weighted by atomic mass is 10.1. The van der Waals surface area contributed by atoms with Crippen molar-refractivity contribution in [2.75, 3.05) is 5.32 Å². The van der Waals surface area contributed by atoms with Crippen LogP contribution in [0.3, 0.4) is 0 Å². The first-order valence-electron chi connectivity index (χ1n) is 8.63. The van der Waals surface area contributed by atoms with Gasteiger partial charge in [-0.3, -0.25) is 14.8 Å². The first kappa shape index (κ1) is 17.9. The van der Waals surface area contributed by atoms with Crippen LogP contribution in [0.25, 0.3) is 10.8 Å². The quantitative estimate of drug-likeness (QED) is 0.530. The van der Waals surface area contributed by atoms with Gasteiger partial charge in [0.25, 0.3) is 5.91 Å². The summed E-state index contributed by atoms with van der Waals surface area (Å²) in [5, 5.41) is 8.63. The summed E-state index contributed by atoms with van der Waals surface area (Å²) in [6.07, 6.45) is 6.71. The number of carbonyl (C=O) groups excluding carboxylic acids is 1. The van der Waals surface area contributed by atoms with E-state index in [1.54, 1.807) is 36.9 Å². The van der Waals surface area contributed by atoms with Crippen LogP contribution in [0.2, 0.25) is 5.02 Å². The van der Waals surface area contributed by atoms with E-state index in [0.29, 0.717) is 28.8 Å². The normalized spacial score (nSPS) is 10.6. The van der Waals surface area contributed by atoms with E-state index in [9.17, 15) is 4.79 Å². The number of anilines is 2. The Kier molecular flexibility index (Phi) is 5.12. The lowest BCUT2D eigenvalue weighted by molar-refractivity contribution is 0.0946. The van der Waals surface area contributed by atoms with Crippen molar-refractivity contribution in [2.45, 2.75) is 6.54 Å². The summed E-state index contributed by atoms with van der Waals surface area (Å²) in [4.78, 5) is 25.0. The lowest BCUT2D eigenvalue weighted by Gasteiger charge is -2.10. The van der Waals surface area contributed by atoms with E-state index in [-0.39, 0.29) is 5.91 Å². The molecule has 0 atom stereocenters. The number of amides is 1. The van der Waals surface area contributed by atoms with Gasteiger partial charge in [0.1, 0.15) is 11.5 Å². The summed E-state index contributed by atoms with van der Waals surface area (Å²) in [6, 6.07) is 14.7. The molecule has 2 N–H and O–H groups in total. The number of rotatable bonds is 5. The van der Waals surface area contributed by atoms with Gasteiger partial charge in [-0.25, -0.2) is 4.98 Å². The number of benzene rings is 1. The largest absolute Gasteiger partial charge is 0.347 e. The Bertz CT molecular complexity index is 1130. The molecule has 3 aromatic heterocycles. The molecule has 0 fully saturated rings.